The van der Waals surface area contributed by atoms with Crippen molar-refractivity contribution in [2.75, 3.05) is 7.11 Å². The molecule has 0 saturated heterocycles. The molecule has 0 aliphatic rings. The first-order valence-electron chi connectivity index (χ1n) is 8.61. The van der Waals surface area contributed by atoms with E-state index < -0.39 is 0 Å². The van der Waals surface area contributed by atoms with Crippen molar-refractivity contribution >= 4 is 23.2 Å². The highest BCUT2D eigenvalue weighted by Gasteiger charge is 2.08. The van der Waals surface area contributed by atoms with Gasteiger partial charge in [-0.15, -0.1) is 0 Å². The number of nitrogens with two attached hydrogens (primary N) is 1. The summed E-state index contributed by atoms with van der Waals surface area (Å²) in [5, 5.41) is 3.25. The van der Waals surface area contributed by atoms with Crippen molar-refractivity contribution in [2.24, 2.45) is 0 Å². The fourth-order valence-corrected chi connectivity index (χ4v) is 2.97. The zero-order chi connectivity index (χ0) is 19.1. The average Bonchev–Trinajstić information content (AvgIpc) is 2.70. The molecule has 0 amide bonds. The molecule has 140 valence electrons. The summed E-state index contributed by atoms with van der Waals surface area (Å²) in [5.74, 6) is 1.40. The second-order valence-corrected chi connectivity index (χ2v) is 6.85. The van der Waals surface area contributed by atoms with Gasteiger partial charge in [0.1, 0.15) is 19.7 Å². The Balaban J connectivity index is 1.59. The van der Waals surface area contributed by atoms with Crippen molar-refractivity contribution in [2.45, 2.75) is 19.7 Å². The van der Waals surface area contributed by atoms with Crippen LogP contribution in [0.1, 0.15) is 16.8 Å². The van der Waals surface area contributed by atoms with Gasteiger partial charge in [-0.3, -0.25) is 4.98 Å². The normalized spacial score (nSPS) is 10.6. The number of methoxy groups -OCH3 is 1. The molecule has 0 aliphatic carbocycles. The smallest absolute Gasteiger partial charge is 0.161 e. The van der Waals surface area contributed by atoms with E-state index in [0.29, 0.717) is 28.2 Å². The largest absolute Gasteiger partial charge is 0.493 e. The Bertz CT molecular complexity index is 889. The fourth-order valence-electron chi connectivity index (χ4n) is 2.65. The van der Waals surface area contributed by atoms with Crippen LogP contribution >= 0.6 is 23.2 Å². The number of benzene rings is 2. The quantitative estimate of drug-likeness (QED) is 0.611. The highest BCUT2D eigenvalue weighted by Crippen LogP contribution is 2.29. The third kappa shape index (κ3) is 5.60. The first-order valence-corrected chi connectivity index (χ1v) is 9.36. The minimum Gasteiger partial charge on any atom is -0.493 e. The molecule has 0 unspecified atom stereocenters. The molecule has 0 spiro atoms. The summed E-state index contributed by atoms with van der Waals surface area (Å²) in [6.45, 7) is 2.05. The van der Waals surface area contributed by atoms with Gasteiger partial charge in [0, 0.05) is 11.8 Å². The number of hydrogen-bond donors (Lipinski definition) is 1. The van der Waals surface area contributed by atoms with Gasteiger partial charge >= 0.3 is 0 Å². The lowest BCUT2D eigenvalue weighted by Crippen LogP contribution is -2.80. The van der Waals surface area contributed by atoms with E-state index in [4.69, 9.17) is 32.7 Å². The highest BCUT2D eigenvalue weighted by atomic mass is 35.5. The van der Waals surface area contributed by atoms with Crippen LogP contribution in [-0.4, -0.2) is 12.1 Å². The zero-order valence-corrected chi connectivity index (χ0v) is 16.5. The maximum absolute atomic E-state index is 6.05. The summed E-state index contributed by atoms with van der Waals surface area (Å²) >= 11 is 12.0. The second kappa shape index (κ2) is 9.60. The molecule has 6 heteroatoms. The lowest BCUT2D eigenvalue weighted by molar-refractivity contribution is -0.686. The average molecular weight is 404 g/mol. The Morgan fingerprint density at radius 1 is 0.889 bits per heavy atom. The van der Waals surface area contributed by atoms with Crippen molar-refractivity contribution in [1.82, 2.24) is 4.98 Å². The van der Waals surface area contributed by atoms with E-state index in [1.54, 1.807) is 19.2 Å². The van der Waals surface area contributed by atoms with Gasteiger partial charge in [-0.1, -0.05) is 35.3 Å². The molecule has 27 heavy (non-hydrogen) atoms. The molecule has 0 saturated carbocycles. The van der Waals surface area contributed by atoms with Gasteiger partial charge in [-0.2, -0.15) is 0 Å². The van der Waals surface area contributed by atoms with Crippen LogP contribution in [0.3, 0.4) is 0 Å². The third-order valence-electron chi connectivity index (χ3n) is 4.07. The van der Waals surface area contributed by atoms with E-state index in [9.17, 15) is 0 Å². The van der Waals surface area contributed by atoms with Gasteiger partial charge in [0.15, 0.2) is 11.5 Å². The Hall–Kier alpha value is -2.27. The molecule has 0 fully saturated rings. The molecule has 0 radical (unpaired) electrons. The van der Waals surface area contributed by atoms with Gasteiger partial charge in [0.25, 0.3) is 0 Å². The maximum atomic E-state index is 6.05. The molecule has 4 nitrogen and oxygen atoms in total. The Labute approximate surface area is 169 Å². The van der Waals surface area contributed by atoms with E-state index in [0.717, 1.165) is 29.9 Å². The molecule has 2 N–H and O–H groups in total. The Morgan fingerprint density at radius 3 is 2.48 bits per heavy atom. The van der Waals surface area contributed by atoms with E-state index >= 15 is 0 Å². The predicted molar refractivity (Wildman–Crippen MR) is 107 cm³/mol. The van der Waals surface area contributed by atoms with Crippen LogP contribution in [-0.2, 0) is 19.7 Å². The first-order chi connectivity index (χ1) is 13.2. The number of aromatic nitrogens is 1. The van der Waals surface area contributed by atoms with E-state index in [1.165, 1.54) is 0 Å². The van der Waals surface area contributed by atoms with E-state index in [-0.39, 0.29) is 0 Å². The van der Waals surface area contributed by atoms with Gasteiger partial charge in [0.2, 0.25) is 0 Å². The van der Waals surface area contributed by atoms with Crippen molar-refractivity contribution in [3.05, 3.63) is 87.7 Å². The summed E-state index contributed by atoms with van der Waals surface area (Å²) in [6.07, 6.45) is 1.81. The standard InChI is InChI=1S/C21H20Cl2N2O2/c1-26-21-11-15(12-24-13-17-4-2-3-9-25-17)6-8-20(21)27-14-16-5-7-18(22)19(23)10-16/h2-11,24H,12-14H2,1H3/p+1. The van der Waals surface area contributed by atoms with Gasteiger partial charge in [0.05, 0.1) is 22.8 Å². The number of pyridine rings is 1. The molecule has 0 aliphatic heterocycles. The minimum absolute atomic E-state index is 0.387. The van der Waals surface area contributed by atoms with Crippen LogP contribution in [0.5, 0.6) is 11.5 Å². The van der Waals surface area contributed by atoms with Gasteiger partial charge < -0.3 is 14.8 Å². The fraction of sp³-hybridized carbons (Fsp3) is 0.190. The molecular weight excluding hydrogens is 383 g/mol. The van der Waals surface area contributed by atoms with Crippen molar-refractivity contribution < 1.29 is 14.8 Å². The molecule has 0 bridgehead atoms. The number of nitrogens with zero attached hydrogens (tertiary/aromatic N) is 1. The highest BCUT2D eigenvalue weighted by molar-refractivity contribution is 6.42. The number of quaternary nitrogens is 1. The van der Waals surface area contributed by atoms with E-state index in [1.807, 2.05) is 48.7 Å². The predicted octanol–water partition coefficient (Wildman–Crippen LogP) is 4.24. The SMILES string of the molecule is COc1cc(C[NH2+]Cc2ccccn2)ccc1OCc1ccc(Cl)c(Cl)c1. The van der Waals surface area contributed by atoms with Crippen molar-refractivity contribution in [3.8, 4) is 11.5 Å². The Kier molecular flexibility index (Phi) is 6.93. The monoisotopic (exact) mass is 403 g/mol. The Morgan fingerprint density at radius 2 is 1.74 bits per heavy atom. The lowest BCUT2D eigenvalue weighted by atomic mass is 10.2. The summed E-state index contributed by atoms with van der Waals surface area (Å²) < 4.78 is 11.4. The summed E-state index contributed by atoms with van der Waals surface area (Å²) in [6, 6.07) is 17.4. The number of hydrogen-bond acceptors (Lipinski definition) is 3. The van der Waals surface area contributed by atoms with Gasteiger partial charge in [-0.25, -0.2) is 0 Å². The molecule has 0 atom stereocenters. The molecule has 1 aromatic heterocycles. The zero-order valence-electron chi connectivity index (χ0n) is 15.0. The molecule has 3 rings (SSSR count). The van der Waals surface area contributed by atoms with Crippen LogP contribution in [0.2, 0.25) is 10.0 Å². The number of halogens is 2. The maximum Gasteiger partial charge on any atom is 0.161 e. The van der Waals surface area contributed by atoms with Crippen molar-refractivity contribution in [1.29, 1.82) is 0 Å². The lowest BCUT2D eigenvalue weighted by Gasteiger charge is -2.12. The van der Waals surface area contributed by atoms with Crippen LogP contribution < -0.4 is 14.8 Å². The topological polar surface area (TPSA) is 48.0 Å². The molecular formula is C21H21Cl2N2O2+. The minimum atomic E-state index is 0.387. The number of rotatable bonds is 8. The van der Waals surface area contributed by atoms with Crippen LogP contribution in [0.4, 0.5) is 0 Å². The van der Waals surface area contributed by atoms with Crippen molar-refractivity contribution in [3.63, 3.8) is 0 Å². The summed E-state index contributed by atoms with van der Waals surface area (Å²) in [7, 11) is 1.64. The summed E-state index contributed by atoms with van der Waals surface area (Å²) in [4.78, 5) is 4.33. The summed E-state index contributed by atoms with van der Waals surface area (Å²) in [5.41, 5.74) is 3.16. The van der Waals surface area contributed by atoms with Crippen LogP contribution in [0, 0.1) is 0 Å². The van der Waals surface area contributed by atoms with Crippen LogP contribution in [0.15, 0.2) is 60.8 Å². The molecule has 3 aromatic rings. The second-order valence-electron chi connectivity index (χ2n) is 6.04. The first kappa shape index (κ1) is 19.5. The molecule has 2 aromatic carbocycles. The van der Waals surface area contributed by atoms with Crippen LogP contribution in [0.25, 0.3) is 0 Å². The number of ether oxygens (including phenoxy) is 2. The third-order valence-corrected chi connectivity index (χ3v) is 4.81. The molecule has 1 heterocycles. The van der Waals surface area contributed by atoms with Gasteiger partial charge in [-0.05, 0) is 48.0 Å². The van der Waals surface area contributed by atoms with E-state index in [2.05, 4.69) is 10.3 Å².